The van der Waals surface area contributed by atoms with Crippen LogP contribution in [0.5, 0.6) is 0 Å². The number of aromatic amines is 1. The van der Waals surface area contributed by atoms with Crippen molar-refractivity contribution in [3.63, 3.8) is 0 Å². The smallest absolute Gasteiger partial charge is 0.146 e. The largest absolute Gasteiger partial charge is 0.291 e. The fourth-order valence-corrected chi connectivity index (χ4v) is 3.27. The van der Waals surface area contributed by atoms with E-state index in [-0.39, 0.29) is 0 Å². The van der Waals surface area contributed by atoms with Crippen molar-refractivity contribution < 1.29 is 0 Å². The lowest BCUT2D eigenvalue weighted by Crippen LogP contribution is -2.39. The maximum absolute atomic E-state index is 4.84. The molecule has 0 bridgehead atoms. The summed E-state index contributed by atoms with van der Waals surface area (Å²) in [6, 6.07) is 4.90. The molecule has 1 fully saturated rings. The summed E-state index contributed by atoms with van der Waals surface area (Å²) in [6.07, 6.45) is 3.66. The van der Waals surface area contributed by atoms with Gasteiger partial charge >= 0.3 is 0 Å². The Kier molecular flexibility index (Phi) is 4.25. The van der Waals surface area contributed by atoms with Gasteiger partial charge in [-0.2, -0.15) is 5.10 Å². The van der Waals surface area contributed by atoms with Gasteiger partial charge in [-0.25, -0.2) is 9.97 Å². The van der Waals surface area contributed by atoms with E-state index in [2.05, 4.69) is 28.9 Å². The average Bonchev–Trinajstić information content (AvgIpc) is 2.93. The number of H-pyrrole nitrogens is 1. The predicted molar refractivity (Wildman–Crippen MR) is 87.5 cm³/mol. The number of hydrogen-bond acceptors (Lipinski definition) is 4. The Bertz CT molecular complexity index is 646. The van der Waals surface area contributed by atoms with Gasteiger partial charge < -0.3 is 0 Å². The van der Waals surface area contributed by atoms with Crippen LogP contribution >= 0.6 is 0 Å². The summed E-state index contributed by atoms with van der Waals surface area (Å²) >= 11 is 0. The molecule has 118 valence electrons. The van der Waals surface area contributed by atoms with Crippen LogP contribution in [0.4, 0.5) is 0 Å². The Morgan fingerprint density at radius 3 is 2.64 bits per heavy atom. The van der Waals surface area contributed by atoms with Crippen LogP contribution in [0.25, 0.3) is 11.4 Å². The van der Waals surface area contributed by atoms with E-state index in [4.69, 9.17) is 9.97 Å². The van der Waals surface area contributed by atoms with Crippen LogP contribution in [0.15, 0.2) is 12.1 Å². The van der Waals surface area contributed by atoms with Crippen LogP contribution in [0.3, 0.4) is 0 Å². The molecule has 0 aliphatic carbocycles. The second-order valence-corrected chi connectivity index (χ2v) is 6.53. The third-order valence-corrected chi connectivity index (χ3v) is 4.35. The number of likely N-dealkylation sites (tertiary alicyclic amines) is 1. The maximum atomic E-state index is 4.84. The van der Waals surface area contributed by atoms with Gasteiger partial charge in [0.05, 0.1) is 11.7 Å². The molecular weight excluding hydrogens is 274 g/mol. The summed E-state index contributed by atoms with van der Waals surface area (Å²) < 4.78 is 0. The van der Waals surface area contributed by atoms with Crippen molar-refractivity contribution in [2.75, 3.05) is 6.54 Å². The number of nitrogens with one attached hydrogen (secondary N) is 1. The Morgan fingerprint density at radius 1 is 1.14 bits per heavy atom. The third kappa shape index (κ3) is 3.04. The summed E-state index contributed by atoms with van der Waals surface area (Å²) in [4.78, 5) is 12.1. The van der Waals surface area contributed by atoms with Crippen LogP contribution in [-0.2, 0) is 0 Å². The van der Waals surface area contributed by atoms with Crippen molar-refractivity contribution in [1.82, 2.24) is 25.1 Å². The standard InChI is InChI=1S/C17H25N5/c1-11(2)22-8-6-5-7-16(22)17-18-12(3)9-14(19-17)15-10-13(4)20-21-15/h9-11,16H,5-8H2,1-4H3,(H,20,21). The molecule has 5 nitrogen and oxygen atoms in total. The van der Waals surface area contributed by atoms with E-state index in [1.807, 2.05) is 26.0 Å². The lowest BCUT2D eigenvalue weighted by Gasteiger charge is -2.37. The van der Waals surface area contributed by atoms with Crippen molar-refractivity contribution >= 4 is 0 Å². The van der Waals surface area contributed by atoms with Gasteiger partial charge in [0.1, 0.15) is 11.5 Å². The molecule has 1 aliphatic rings. The topological polar surface area (TPSA) is 57.7 Å². The molecule has 1 saturated heterocycles. The number of hydrogen-bond donors (Lipinski definition) is 1. The van der Waals surface area contributed by atoms with Gasteiger partial charge in [0.15, 0.2) is 0 Å². The zero-order chi connectivity index (χ0) is 15.7. The van der Waals surface area contributed by atoms with Crippen LogP contribution in [0.2, 0.25) is 0 Å². The van der Waals surface area contributed by atoms with E-state index in [1.54, 1.807) is 0 Å². The molecule has 1 atom stereocenters. The lowest BCUT2D eigenvalue weighted by atomic mass is 9.99. The molecule has 1 N–H and O–H groups in total. The zero-order valence-corrected chi connectivity index (χ0v) is 13.9. The van der Waals surface area contributed by atoms with Crippen molar-refractivity contribution in [1.29, 1.82) is 0 Å². The second-order valence-electron chi connectivity index (χ2n) is 6.53. The zero-order valence-electron chi connectivity index (χ0n) is 13.9. The molecule has 0 amide bonds. The fraction of sp³-hybridized carbons (Fsp3) is 0.588. The molecule has 22 heavy (non-hydrogen) atoms. The molecule has 3 rings (SSSR count). The molecule has 5 heteroatoms. The van der Waals surface area contributed by atoms with Gasteiger partial charge in [-0.05, 0) is 59.2 Å². The monoisotopic (exact) mass is 299 g/mol. The number of piperidine rings is 1. The highest BCUT2D eigenvalue weighted by molar-refractivity contribution is 5.54. The first-order valence-corrected chi connectivity index (χ1v) is 8.18. The normalized spacial score (nSPS) is 19.8. The number of aryl methyl sites for hydroxylation is 2. The average molecular weight is 299 g/mol. The highest BCUT2D eigenvalue weighted by atomic mass is 15.2. The first-order chi connectivity index (χ1) is 10.5. The van der Waals surface area contributed by atoms with Crippen LogP contribution < -0.4 is 0 Å². The summed E-state index contributed by atoms with van der Waals surface area (Å²) in [6.45, 7) is 9.69. The Morgan fingerprint density at radius 2 is 1.95 bits per heavy atom. The van der Waals surface area contributed by atoms with E-state index in [1.165, 1.54) is 12.8 Å². The van der Waals surface area contributed by atoms with E-state index < -0.39 is 0 Å². The van der Waals surface area contributed by atoms with Gasteiger partial charge in [0.25, 0.3) is 0 Å². The van der Waals surface area contributed by atoms with Gasteiger partial charge in [-0.1, -0.05) is 6.42 Å². The Labute approximate surface area is 132 Å². The molecule has 0 aromatic carbocycles. The first kappa shape index (κ1) is 15.2. The van der Waals surface area contributed by atoms with Crippen molar-refractivity contribution in [3.8, 4) is 11.4 Å². The number of aromatic nitrogens is 4. The summed E-state index contributed by atoms with van der Waals surface area (Å²) in [7, 11) is 0. The van der Waals surface area contributed by atoms with Gasteiger partial charge in [0, 0.05) is 17.4 Å². The molecular formula is C17H25N5. The molecule has 2 aromatic heterocycles. The van der Waals surface area contributed by atoms with E-state index in [0.717, 1.165) is 41.6 Å². The SMILES string of the molecule is Cc1cc(-c2cc(C)[nH]n2)nc(C2CCCCN2C(C)C)n1. The minimum Gasteiger partial charge on any atom is -0.291 e. The molecule has 2 aromatic rings. The Balaban J connectivity index is 1.98. The minimum absolute atomic E-state index is 0.326. The van der Waals surface area contributed by atoms with Gasteiger partial charge in [0.2, 0.25) is 0 Å². The van der Waals surface area contributed by atoms with Crippen LogP contribution in [-0.4, -0.2) is 37.7 Å². The summed E-state index contributed by atoms with van der Waals surface area (Å²) in [5.74, 6) is 0.948. The van der Waals surface area contributed by atoms with Crippen molar-refractivity contribution in [2.24, 2.45) is 0 Å². The fourth-order valence-electron chi connectivity index (χ4n) is 3.27. The predicted octanol–water partition coefficient (Wildman–Crippen LogP) is 3.42. The minimum atomic E-state index is 0.326. The summed E-state index contributed by atoms with van der Waals surface area (Å²) in [5.41, 5.74) is 3.88. The molecule has 0 saturated carbocycles. The van der Waals surface area contributed by atoms with E-state index in [0.29, 0.717) is 12.1 Å². The molecule has 1 unspecified atom stereocenters. The first-order valence-electron chi connectivity index (χ1n) is 8.18. The third-order valence-electron chi connectivity index (χ3n) is 4.35. The van der Waals surface area contributed by atoms with E-state index in [9.17, 15) is 0 Å². The molecule has 0 radical (unpaired) electrons. The Hall–Kier alpha value is -1.75. The summed E-state index contributed by atoms with van der Waals surface area (Å²) in [5, 5.41) is 7.33. The van der Waals surface area contributed by atoms with Crippen molar-refractivity contribution in [2.45, 2.75) is 59.0 Å². The highest BCUT2D eigenvalue weighted by Gasteiger charge is 2.28. The number of nitrogens with zero attached hydrogens (tertiary/aromatic N) is 4. The molecule has 0 spiro atoms. The van der Waals surface area contributed by atoms with Crippen molar-refractivity contribution in [3.05, 3.63) is 29.3 Å². The van der Waals surface area contributed by atoms with Crippen LogP contribution in [0.1, 0.15) is 56.4 Å². The second kappa shape index (κ2) is 6.16. The molecule has 1 aliphatic heterocycles. The quantitative estimate of drug-likeness (QED) is 0.943. The number of rotatable bonds is 3. The van der Waals surface area contributed by atoms with Gasteiger partial charge in [-0.3, -0.25) is 10.00 Å². The highest BCUT2D eigenvalue weighted by Crippen LogP contribution is 2.31. The molecule has 3 heterocycles. The maximum Gasteiger partial charge on any atom is 0.146 e. The lowest BCUT2D eigenvalue weighted by molar-refractivity contribution is 0.106. The van der Waals surface area contributed by atoms with E-state index >= 15 is 0 Å². The van der Waals surface area contributed by atoms with Gasteiger partial charge in [-0.15, -0.1) is 0 Å². The van der Waals surface area contributed by atoms with Crippen LogP contribution in [0, 0.1) is 13.8 Å².